The lowest BCUT2D eigenvalue weighted by Crippen LogP contribution is -2.47. The number of carbonyl (C=O) groups excluding carboxylic acids is 1. The highest BCUT2D eigenvalue weighted by Crippen LogP contribution is 2.27. The van der Waals surface area contributed by atoms with Crippen molar-refractivity contribution in [1.82, 2.24) is 4.90 Å². The van der Waals surface area contributed by atoms with Crippen LogP contribution in [0.25, 0.3) is 0 Å². The lowest BCUT2D eigenvalue weighted by molar-refractivity contribution is -0.153. The Kier molecular flexibility index (Phi) is 4.74. The Bertz CT molecular complexity index is 644. The third kappa shape index (κ3) is 3.60. The fourth-order valence-electron chi connectivity index (χ4n) is 2.93. The van der Waals surface area contributed by atoms with Gasteiger partial charge in [-0.2, -0.15) is 0 Å². The van der Waals surface area contributed by atoms with E-state index in [9.17, 15) is 9.90 Å². The molecule has 1 aliphatic rings. The van der Waals surface area contributed by atoms with Gasteiger partial charge in [-0.3, -0.25) is 4.79 Å². The van der Waals surface area contributed by atoms with Gasteiger partial charge in [0.1, 0.15) is 6.10 Å². The zero-order chi connectivity index (χ0) is 16.2. The first-order chi connectivity index (χ1) is 11.1. The Morgan fingerprint density at radius 2 is 1.70 bits per heavy atom. The molecule has 2 aromatic rings. The van der Waals surface area contributed by atoms with E-state index in [0.29, 0.717) is 18.7 Å². The van der Waals surface area contributed by atoms with Crippen LogP contribution in [0.2, 0.25) is 0 Å². The SMILES string of the molecule is CC1CN(C(=O)C(O)c2ccccc2)CC(c2ccccc2)O1. The minimum atomic E-state index is -1.13. The Morgan fingerprint density at radius 1 is 1.09 bits per heavy atom. The lowest BCUT2D eigenvalue weighted by atomic mass is 10.0. The number of morpholine rings is 1. The average Bonchev–Trinajstić information content (AvgIpc) is 2.61. The lowest BCUT2D eigenvalue weighted by Gasteiger charge is -2.38. The molecule has 4 nitrogen and oxygen atoms in total. The second-order valence-corrected chi connectivity index (χ2v) is 5.90. The second kappa shape index (κ2) is 6.94. The fourth-order valence-corrected chi connectivity index (χ4v) is 2.93. The van der Waals surface area contributed by atoms with Crippen molar-refractivity contribution in [1.29, 1.82) is 0 Å². The standard InChI is InChI=1S/C19H21NO3/c1-14-12-20(13-17(23-14)15-8-4-2-5-9-15)19(22)18(21)16-10-6-3-7-11-16/h2-11,14,17-18,21H,12-13H2,1H3. The Labute approximate surface area is 136 Å². The fraction of sp³-hybridized carbons (Fsp3) is 0.316. The van der Waals surface area contributed by atoms with Crippen molar-refractivity contribution in [2.75, 3.05) is 13.1 Å². The van der Waals surface area contributed by atoms with E-state index in [0.717, 1.165) is 5.56 Å². The van der Waals surface area contributed by atoms with E-state index in [1.165, 1.54) is 0 Å². The molecule has 4 heteroatoms. The van der Waals surface area contributed by atoms with Crippen LogP contribution in [0.4, 0.5) is 0 Å². The molecule has 0 spiro atoms. The summed E-state index contributed by atoms with van der Waals surface area (Å²) in [5, 5.41) is 10.4. The van der Waals surface area contributed by atoms with Gasteiger partial charge in [0, 0.05) is 6.54 Å². The Hall–Kier alpha value is -2.17. The smallest absolute Gasteiger partial charge is 0.256 e. The maximum absolute atomic E-state index is 12.6. The summed E-state index contributed by atoms with van der Waals surface area (Å²) >= 11 is 0. The molecule has 1 fully saturated rings. The molecule has 2 aromatic carbocycles. The van der Waals surface area contributed by atoms with Crippen LogP contribution in [0.1, 0.15) is 30.3 Å². The van der Waals surface area contributed by atoms with Crippen LogP contribution < -0.4 is 0 Å². The van der Waals surface area contributed by atoms with E-state index >= 15 is 0 Å². The molecule has 23 heavy (non-hydrogen) atoms. The van der Waals surface area contributed by atoms with Crippen LogP contribution in [-0.2, 0) is 9.53 Å². The molecule has 3 unspecified atom stereocenters. The summed E-state index contributed by atoms with van der Waals surface area (Å²) in [5.41, 5.74) is 1.67. The van der Waals surface area contributed by atoms with Crippen LogP contribution in [0.15, 0.2) is 60.7 Å². The van der Waals surface area contributed by atoms with Crippen molar-refractivity contribution in [2.24, 2.45) is 0 Å². The summed E-state index contributed by atoms with van der Waals surface area (Å²) in [4.78, 5) is 14.3. The monoisotopic (exact) mass is 311 g/mol. The van der Waals surface area contributed by atoms with E-state index < -0.39 is 6.10 Å². The maximum atomic E-state index is 12.6. The highest BCUT2D eigenvalue weighted by atomic mass is 16.5. The van der Waals surface area contributed by atoms with E-state index in [4.69, 9.17) is 4.74 Å². The number of aliphatic hydroxyl groups excluding tert-OH is 1. The van der Waals surface area contributed by atoms with E-state index in [2.05, 4.69) is 0 Å². The predicted octanol–water partition coefficient (Wildman–Crippen LogP) is 2.71. The molecule has 0 bridgehead atoms. The van der Waals surface area contributed by atoms with Gasteiger partial charge in [-0.15, -0.1) is 0 Å². The summed E-state index contributed by atoms with van der Waals surface area (Å²) in [6.07, 6.45) is -1.36. The first kappa shape index (κ1) is 15.7. The quantitative estimate of drug-likeness (QED) is 0.948. The molecule has 1 saturated heterocycles. The van der Waals surface area contributed by atoms with Crippen LogP contribution in [0, 0.1) is 0 Å². The molecule has 1 heterocycles. The van der Waals surface area contributed by atoms with Gasteiger partial charge in [0.2, 0.25) is 0 Å². The van der Waals surface area contributed by atoms with Gasteiger partial charge in [0.15, 0.2) is 6.10 Å². The molecule has 1 aliphatic heterocycles. The minimum absolute atomic E-state index is 0.0686. The van der Waals surface area contributed by atoms with Gasteiger partial charge in [-0.25, -0.2) is 0 Å². The number of aliphatic hydroxyl groups is 1. The average molecular weight is 311 g/mol. The second-order valence-electron chi connectivity index (χ2n) is 5.90. The molecule has 3 atom stereocenters. The number of rotatable bonds is 3. The summed E-state index contributed by atoms with van der Waals surface area (Å²) in [5.74, 6) is -0.271. The van der Waals surface area contributed by atoms with Crippen LogP contribution >= 0.6 is 0 Å². The molecular weight excluding hydrogens is 290 g/mol. The van der Waals surface area contributed by atoms with Gasteiger partial charge in [0.25, 0.3) is 5.91 Å². The van der Waals surface area contributed by atoms with Crippen LogP contribution in [0.5, 0.6) is 0 Å². The first-order valence-electron chi connectivity index (χ1n) is 7.87. The Balaban J connectivity index is 1.75. The molecule has 0 aromatic heterocycles. The number of nitrogens with zero attached hydrogens (tertiary/aromatic N) is 1. The number of hydrogen-bond acceptors (Lipinski definition) is 3. The number of ether oxygens (including phenoxy) is 1. The molecular formula is C19H21NO3. The molecule has 1 amide bonds. The molecule has 0 saturated carbocycles. The van der Waals surface area contributed by atoms with Crippen molar-refractivity contribution in [2.45, 2.75) is 25.2 Å². The molecule has 120 valence electrons. The molecule has 0 aliphatic carbocycles. The topological polar surface area (TPSA) is 49.8 Å². The van der Waals surface area contributed by atoms with Gasteiger partial charge in [-0.05, 0) is 18.1 Å². The zero-order valence-corrected chi connectivity index (χ0v) is 13.1. The highest BCUT2D eigenvalue weighted by Gasteiger charge is 2.32. The summed E-state index contributed by atoms with van der Waals surface area (Å²) < 4.78 is 5.96. The highest BCUT2D eigenvalue weighted by molar-refractivity contribution is 5.82. The summed E-state index contributed by atoms with van der Waals surface area (Å²) in [6.45, 7) is 2.90. The van der Waals surface area contributed by atoms with Gasteiger partial charge in [0.05, 0.1) is 12.6 Å². The minimum Gasteiger partial charge on any atom is -0.378 e. The molecule has 0 radical (unpaired) electrons. The molecule has 1 N–H and O–H groups in total. The van der Waals surface area contributed by atoms with E-state index in [-0.39, 0.29) is 18.1 Å². The predicted molar refractivity (Wildman–Crippen MR) is 87.7 cm³/mol. The van der Waals surface area contributed by atoms with Crippen LogP contribution in [0.3, 0.4) is 0 Å². The third-order valence-electron chi connectivity index (χ3n) is 4.09. The number of amides is 1. The maximum Gasteiger partial charge on any atom is 0.256 e. The Morgan fingerprint density at radius 3 is 2.35 bits per heavy atom. The van der Waals surface area contributed by atoms with Crippen molar-refractivity contribution in [3.63, 3.8) is 0 Å². The third-order valence-corrected chi connectivity index (χ3v) is 4.09. The number of hydrogen-bond donors (Lipinski definition) is 1. The van der Waals surface area contributed by atoms with E-state index in [1.54, 1.807) is 17.0 Å². The number of benzene rings is 2. The van der Waals surface area contributed by atoms with Crippen molar-refractivity contribution >= 4 is 5.91 Å². The van der Waals surface area contributed by atoms with Crippen LogP contribution in [-0.4, -0.2) is 35.1 Å². The number of carbonyl (C=O) groups is 1. The largest absolute Gasteiger partial charge is 0.378 e. The summed E-state index contributed by atoms with van der Waals surface area (Å²) in [6, 6.07) is 18.9. The van der Waals surface area contributed by atoms with Gasteiger partial charge in [-0.1, -0.05) is 60.7 Å². The first-order valence-corrected chi connectivity index (χ1v) is 7.87. The van der Waals surface area contributed by atoms with Crippen molar-refractivity contribution in [3.05, 3.63) is 71.8 Å². The van der Waals surface area contributed by atoms with Crippen molar-refractivity contribution in [3.8, 4) is 0 Å². The van der Waals surface area contributed by atoms with Crippen molar-refractivity contribution < 1.29 is 14.6 Å². The molecule has 3 rings (SSSR count). The zero-order valence-electron chi connectivity index (χ0n) is 13.1. The summed E-state index contributed by atoms with van der Waals surface area (Å²) in [7, 11) is 0. The van der Waals surface area contributed by atoms with Gasteiger partial charge >= 0.3 is 0 Å². The normalized spacial score (nSPS) is 22.6. The van der Waals surface area contributed by atoms with E-state index in [1.807, 2.05) is 55.5 Å². The van der Waals surface area contributed by atoms with Gasteiger partial charge < -0.3 is 14.7 Å².